The molecule has 1 saturated carbocycles. The molecule has 0 aliphatic heterocycles. The zero-order chi connectivity index (χ0) is 15.8. The number of nitrogens with zero attached hydrogens (tertiary/aromatic N) is 1. The second kappa shape index (κ2) is 5.82. The Morgan fingerprint density at radius 3 is 2.19 bits per heavy atom. The molecule has 21 heavy (non-hydrogen) atoms. The fourth-order valence-electron chi connectivity index (χ4n) is 3.50. The molecule has 0 aromatic carbocycles. The van der Waals surface area contributed by atoms with Crippen LogP contribution in [0.25, 0.3) is 0 Å². The monoisotopic (exact) mass is 291 g/mol. The van der Waals surface area contributed by atoms with Gasteiger partial charge in [-0.15, -0.1) is 0 Å². The number of aromatic amines is 1. The second-order valence-corrected chi connectivity index (χ2v) is 7.82. The number of rotatable bonds is 2. The van der Waals surface area contributed by atoms with Crippen molar-refractivity contribution in [2.45, 2.75) is 72.1 Å². The predicted octanol–water partition coefficient (Wildman–Crippen LogP) is 3.80. The quantitative estimate of drug-likeness (QED) is 0.870. The molecule has 1 aromatic heterocycles. The molecule has 0 spiro atoms. The second-order valence-electron chi connectivity index (χ2n) is 7.82. The molecule has 1 heterocycles. The van der Waals surface area contributed by atoms with E-state index < -0.39 is 0 Å². The highest BCUT2D eigenvalue weighted by Gasteiger charge is 2.31. The Balaban J connectivity index is 2.17. The first kappa shape index (κ1) is 16.1. The molecule has 0 atom stereocenters. The van der Waals surface area contributed by atoms with E-state index in [1.807, 2.05) is 13.8 Å². The Morgan fingerprint density at radius 2 is 1.76 bits per heavy atom. The fraction of sp³-hybridized carbons (Fsp3) is 0.765. The maximum Gasteiger partial charge on any atom is 0.256 e. The van der Waals surface area contributed by atoms with Crippen molar-refractivity contribution in [1.29, 1.82) is 0 Å². The first-order chi connectivity index (χ1) is 9.70. The normalized spacial score (nSPS) is 23.5. The Kier molecular flexibility index (Phi) is 4.45. The van der Waals surface area contributed by atoms with E-state index in [9.17, 15) is 4.79 Å². The lowest BCUT2D eigenvalue weighted by molar-refractivity contribution is 0.167. The molecule has 1 aromatic rings. The summed E-state index contributed by atoms with van der Waals surface area (Å²) in [4.78, 5) is 19.7. The van der Waals surface area contributed by atoms with Gasteiger partial charge in [-0.25, -0.2) is 4.98 Å². The molecule has 0 saturated heterocycles. The number of hydrogen-bond acceptors (Lipinski definition) is 3. The first-order valence-corrected chi connectivity index (χ1v) is 8.09. The zero-order valence-electron chi connectivity index (χ0n) is 14.0. The average molecular weight is 291 g/mol. The molecule has 1 aliphatic rings. The van der Waals surface area contributed by atoms with Crippen LogP contribution in [0.5, 0.6) is 0 Å². The summed E-state index contributed by atoms with van der Waals surface area (Å²) >= 11 is 0. The molecule has 1 aliphatic carbocycles. The van der Waals surface area contributed by atoms with Crippen LogP contribution in [0.1, 0.15) is 83.5 Å². The Bertz CT molecular complexity index is 546. The van der Waals surface area contributed by atoms with Crippen molar-refractivity contribution in [2.75, 3.05) is 5.73 Å². The molecule has 0 bridgehead atoms. The third-order valence-corrected chi connectivity index (χ3v) is 4.92. The minimum absolute atomic E-state index is 0.0644. The Morgan fingerprint density at radius 1 is 1.19 bits per heavy atom. The molecule has 3 N–H and O–H groups in total. The van der Waals surface area contributed by atoms with Gasteiger partial charge in [0.1, 0.15) is 11.6 Å². The van der Waals surface area contributed by atoms with Gasteiger partial charge in [0.15, 0.2) is 0 Å². The largest absolute Gasteiger partial charge is 0.383 e. The van der Waals surface area contributed by atoms with Crippen molar-refractivity contribution >= 4 is 5.82 Å². The molecule has 0 amide bonds. The van der Waals surface area contributed by atoms with E-state index in [-0.39, 0.29) is 11.5 Å². The van der Waals surface area contributed by atoms with E-state index in [0.717, 1.165) is 24.6 Å². The van der Waals surface area contributed by atoms with Gasteiger partial charge in [-0.2, -0.15) is 0 Å². The predicted molar refractivity (Wildman–Crippen MR) is 87.5 cm³/mol. The molecule has 4 nitrogen and oxygen atoms in total. The topological polar surface area (TPSA) is 71.8 Å². The summed E-state index contributed by atoms with van der Waals surface area (Å²) in [5, 5.41) is 0. The van der Waals surface area contributed by atoms with Gasteiger partial charge in [0.05, 0.1) is 5.56 Å². The van der Waals surface area contributed by atoms with Crippen LogP contribution in [-0.2, 0) is 0 Å². The highest BCUT2D eigenvalue weighted by molar-refractivity contribution is 5.40. The van der Waals surface area contributed by atoms with Crippen molar-refractivity contribution < 1.29 is 0 Å². The number of nitrogen functional groups attached to an aromatic ring is 1. The van der Waals surface area contributed by atoms with Crippen LogP contribution in [0.4, 0.5) is 5.82 Å². The van der Waals surface area contributed by atoms with Crippen molar-refractivity contribution in [3.63, 3.8) is 0 Å². The van der Waals surface area contributed by atoms with Gasteiger partial charge >= 0.3 is 0 Å². The minimum Gasteiger partial charge on any atom is -0.383 e. The molecular weight excluding hydrogens is 262 g/mol. The third-order valence-electron chi connectivity index (χ3n) is 4.92. The van der Waals surface area contributed by atoms with Crippen LogP contribution in [0.15, 0.2) is 4.79 Å². The van der Waals surface area contributed by atoms with E-state index in [0.29, 0.717) is 22.7 Å². The first-order valence-electron chi connectivity index (χ1n) is 8.09. The maximum absolute atomic E-state index is 12.2. The van der Waals surface area contributed by atoms with Crippen molar-refractivity contribution in [3.8, 4) is 0 Å². The van der Waals surface area contributed by atoms with Gasteiger partial charge in [0, 0.05) is 5.92 Å². The summed E-state index contributed by atoms with van der Waals surface area (Å²) < 4.78 is 0. The van der Waals surface area contributed by atoms with Gasteiger partial charge in [0.2, 0.25) is 0 Å². The van der Waals surface area contributed by atoms with Crippen molar-refractivity contribution in [1.82, 2.24) is 9.97 Å². The summed E-state index contributed by atoms with van der Waals surface area (Å²) in [6.45, 7) is 10.9. The number of nitrogens with one attached hydrogen (secondary N) is 1. The molecule has 2 rings (SSSR count). The van der Waals surface area contributed by atoms with Gasteiger partial charge in [0.25, 0.3) is 5.56 Å². The van der Waals surface area contributed by atoms with E-state index >= 15 is 0 Å². The number of anilines is 1. The number of hydrogen-bond donors (Lipinski definition) is 2. The number of nitrogens with two attached hydrogens (primary N) is 1. The zero-order valence-corrected chi connectivity index (χ0v) is 14.0. The molecule has 1 fully saturated rings. The van der Waals surface area contributed by atoms with E-state index in [2.05, 4.69) is 30.7 Å². The molecule has 4 heteroatoms. The molecule has 118 valence electrons. The summed E-state index contributed by atoms with van der Waals surface area (Å²) in [7, 11) is 0. The molecular formula is C17H29N3O. The van der Waals surface area contributed by atoms with Crippen LogP contribution >= 0.6 is 0 Å². The number of H-pyrrole nitrogens is 1. The van der Waals surface area contributed by atoms with Gasteiger partial charge < -0.3 is 10.7 Å². The van der Waals surface area contributed by atoms with Gasteiger partial charge in [-0.3, -0.25) is 4.79 Å². The molecule has 0 unspecified atom stereocenters. The minimum atomic E-state index is -0.0644. The lowest BCUT2D eigenvalue weighted by atomic mass is 9.69. The Labute approximate surface area is 127 Å². The van der Waals surface area contributed by atoms with Crippen molar-refractivity contribution in [3.05, 3.63) is 21.7 Å². The average Bonchev–Trinajstić information content (AvgIpc) is 2.36. The SMILES string of the molecule is CC(C)c1c(N)nc(C2CCC(C(C)(C)C)CC2)[nH]c1=O. The van der Waals surface area contributed by atoms with Crippen LogP contribution in [-0.4, -0.2) is 9.97 Å². The lowest BCUT2D eigenvalue weighted by Gasteiger charge is -2.36. The van der Waals surface area contributed by atoms with Crippen LogP contribution in [0.3, 0.4) is 0 Å². The van der Waals surface area contributed by atoms with Crippen LogP contribution in [0.2, 0.25) is 0 Å². The van der Waals surface area contributed by atoms with E-state index in [4.69, 9.17) is 5.73 Å². The highest BCUT2D eigenvalue weighted by Crippen LogP contribution is 2.42. The summed E-state index contributed by atoms with van der Waals surface area (Å²) in [5.74, 6) is 2.40. The Hall–Kier alpha value is -1.32. The fourth-order valence-corrected chi connectivity index (χ4v) is 3.50. The van der Waals surface area contributed by atoms with Crippen molar-refractivity contribution in [2.24, 2.45) is 11.3 Å². The standard InChI is InChI=1S/C17H29N3O/c1-10(2)13-14(18)19-15(20-16(13)21)11-6-8-12(9-7-11)17(3,4)5/h10-12H,6-9H2,1-5H3,(H3,18,19,20,21). The van der Waals surface area contributed by atoms with Crippen LogP contribution < -0.4 is 11.3 Å². The molecule has 0 radical (unpaired) electrons. The third kappa shape index (κ3) is 3.47. The van der Waals surface area contributed by atoms with Crippen LogP contribution in [0, 0.1) is 11.3 Å². The van der Waals surface area contributed by atoms with E-state index in [1.54, 1.807) is 0 Å². The van der Waals surface area contributed by atoms with Gasteiger partial charge in [-0.05, 0) is 42.9 Å². The summed E-state index contributed by atoms with van der Waals surface area (Å²) in [6, 6.07) is 0. The highest BCUT2D eigenvalue weighted by atomic mass is 16.1. The van der Waals surface area contributed by atoms with Gasteiger partial charge in [-0.1, -0.05) is 34.6 Å². The summed E-state index contributed by atoms with van der Waals surface area (Å²) in [5.41, 5.74) is 6.91. The smallest absolute Gasteiger partial charge is 0.256 e. The number of aromatic nitrogens is 2. The maximum atomic E-state index is 12.2. The van der Waals surface area contributed by atoms with E-state index in [1.165, 1.54) is 12.8 Å². The lowest BCUT2D eigenvalue weighted by Crippen LogP contribution is -2.27. The summed E-state index contributed by atoms with van der Waals surface area (Å²) in [6.07, 6.45) is 4.57.